The third kappa shape index (κ3) is 3.11. The van der Waals surface area contributed by atoms with E-state index in [1.54, 1.807) is 12.1 Å². The minimum absolute atomic E-state index is 0.0466. The molecule has 6 heteroatoms. The Morgan fingerprint density at radius 2 is 1.77 bits per heavy atom. The summed E-state index contributed by atoms with van der Waals surface area (Å²) in [4.78, 5) is 12.7. The molecule has 0 aromatic heterocycles. The molecular formula is C20H20O6. The molecule has 0 saturated carbocycles. The van der Waals surface area contributed by atoms with Crippen molar-refractivity contribution in [2.75, 3.05) is 0 Å². The summed E-state index contributed by atoms with van der Waals surface area (Å²) in [5.41, 5.74) is 1.74. The minimum atomic E-state index is -1.52. The van der Waals surface area contributed by atoms with Gasteiger partial charge in [-0.15, -0.1) is 0 Å². The van der Waals surface area contributed by atoms with Crippen LogP contribution in [0.15, 0.2) is 42.0 Å². The van der Waals surface area contributed by atoms with Crippen molar-refractivity contribution in [1.29, 1.82) is 0 Å². The van der Waals surface area contributed by atoms with Crippen LogP contribution in [0.1, 0.15) is 41.4 Å². The predicted octanol–water partition coefficient (Wildman–Crippen LogP) is 2.99. The molecule has 0 amide bonds. The Kier molecular flexibility index (Phi) is 4.61. The summed E-state index contributed by atoms with van der Waals surface area (Å²) in [7, 11) is 0. The number of benzene rings is 2. The molecule has 0 aliphatic carbocycles. The van der Waals surface area contributed by atoms with Gasteiger partial charge in [-0.2, -0.15) is 0 Å². The topological polar surface area (TPSA) is 107 Å². The Labute approximate surface area is 150 Å². The maximum Gasteiger partial charge on any atom is 0.202 e. The van der Waals surface area contributed by atoms with Gasteiger partial charge < -0.3 is 25.2 Å². The number of allylic oxidation sites excluding steroid dienone is 2. The van der Waals surface area contributed by atoms with Crippen LogP contribution < -0.4 is 4.74 Å². The second-order valence-electron chi connectivity index (χ2n) is 6.52. The molecule has 1 heterocycles. The third-order valence-electron chi connectivity index (χ3n) is 4.32. The standard InChI is InChI=1S/C20H20O6/c1-10(2)3-8-13-14(22)9-15(23)16-17(24)18(25)19(26-20(13)16)11-4-6-12(21)7-5-11/h3-7,9,18-19,21-23,25H,8H2,1-2H3/t18-,19+/m0/s1. The fourth-order valence-electron chi connectivity index (χ4n) is 2.94. The molecular weight excluding hydrogens is 336 g/mol. The summed E-state index contributed by atoms with van der Waals surface area (Å²) in [6, 6.07) is 7.02. The molecule has 0 unspecified atom stereocenters. The van der Waals surface area contributed by atoms with Crippen molar-refractivity contribution in [3.8, 4) is 23.0 Å². The normalized spacial score (nSPS) is 18.8. The van der Waals surface area contributed by atoms with Crippen LogP contribution in [0.4, 0.5) is 0 Å². The molecule has 4 N–H and O–H groups in total. The van der Waals surface area contributed by atoms with Gasteiger partial charge in [0.2, 0.25) is 5.78 Å². The first kappa shape index (κ1) is 17.8. The third-order valence-corrected chi connectivity index (χ3v) is 4.32. The van der Waals surface area contributed by atoms with E-state index in [1.165, 1.54) is 12.1 Å². The Bertz CT molecular complexity index is 878. The maximum atomic E-state index is 12.7. The van der Waals surface area contributed by atoms with Crippen molar-refractivity contribution in [2.24, 2.45) is 0 Å². The van der Waals surface area contributed by atoms with Gasteiger partial charge in [0, 0.05) is 11.6 Å². The van der Waals surface area contributed by atoms with Gasteiger partial charge in [-0.3, -0.25) is 4.79 Å². The van der Waals surface area contributed by atoms with Crippen LogP contribution >= 0.6 is 0 Å². The van der Waals surface area contributed by atoms with Crippen LogP contribution in [0.5, 0.6) is 23.0 Å². The van der Waals surface area contributed by atoms with Crippen molar-refractivity contribution in [1.82, 2.24) is 0 Å². The molecule has 0 saturated heterocycles. The zero-order valence-corrected chi connectivity index (χ0v) is 14.4. The van der Waals surface area contributed by atoms with E-state index in [1.807, 2.05) is 19.9 Å². The van der Waals surface area contributed by atoms with Crippen LogP contribution in [0, 0.1) is 0 Å². The second-order valence-corrected chi connectivity index (χ2v) is 6.52. The van der Waals surface area contributed by atoms with Crippen LogP contribution in [0.25, 0.3) is 0 Å². The Hall–Kier alpha value is -2.99. The number of aromatic hydroxyl groups is 3. The summed E-state index contributed by atoms with van der Waals surface area (Å²) in [5.74, 6) is -1.20. The van der Waals surface area contributed by atoms with E-state index in [2.05, 4.69) is 0 Å². The van der Waals surface area contributed by atoms with Gasteiger partial charge in [-0.1, -0.05) is 23.8 Å². The van der Waals surface area contributed by atoms with E-state index < -0.39 is 23.7 Å². The smallest absolute Gasteiger partial charge is 0.202 e. The molecule has 1 aliphatic rings. The zero-order chi connectivity index (χ0) is 19.0. The fraction of sp³-hybridized carbons (Fsp3) is 0.250. The van der Waals surface area contributed by atoms with Crippen LogP contribution in [-0.2, 0) is 6.42 Å². The summed E-state index contributed by atoms with van der Waals surface area (Å²) in [6.45, 7) is 3.80. The molecule has 2 aromatic carbocycles. The fourth-order valence-corrected chi connectivity index (χ4v) is 2.94. The van der Waals surface area contributed by atoms with Crippen LogP contribution in [0.3, 0.4) is 0 Å². The van der Waals surface area contributed by atoms with Crippen molar-refractivity contribution in [2.45, 2.75) is 32.5 Å². The zero-order valence-electron chi connectivity index (χ0n) is 14.4. The van der Waals surface area contributed by atoms with E-state index in [0.29, 0.717) is 17.5 Å². The molecule has 136 valence electrons. The molecule has 0 spiro atoms. The molecule has 1 aliphatic heterocycles. The average Bonchev–Trinajstić information content (AvgIpc) is 2.57. The Balaban J connectivity index is 2.12. The summed E-state index contributed by atoms with van der Waals surface area (Å²) in [5, 5.41) is 40.1. The molecule has 0 fully saturated rings. The van der Waals surface area contributed by atoms with Gasteiger partial charge in [0.15, 0.2) is 12.2 Å². The van der Waals surface area contributed by atoms with Crippen LogP contribution in [-0.4, -0.2) is 32.3 Å². The average molecular weight is 356 g/mol. The van der Waals surface area contributed by atoms with E-state index in [0.717, 1.165) is 11.6 Å². The predicted molar refractivity (Wildman–Crippen MR) is 94.7 cm³/mol. The highest BCUT2D eigenvalue weighted by Crippen LogP contribution is 2.45. The highest BCUT2D eigenvalue weighted by Gasteiger charge is 2.40. The molecule has 0 bridgehead atoms. The lowest BCUT2D eigenvalue weighted by atomic mass is 9.90. The molecule has 6 nitrogen and oxygen atoms in total. The first-order chi connectivity index (χ1) is 12.3. The summed E-state index contributed by atoms with van der Waals surface area (Å²) >= 11 is 0. The Morgan fingerprint density at radius 3 is 2.38 bits per heavy atom. The number of ketones is 1. The number of aliphatic hydroxyl groups is 1. The van der Waals surface area contributed by atoms with Crippen LogP contribution in [0.2, 0.25) is 0 Å². The first-order valence-corrected chi connectivity index (χ1v) is 8.18. The minimum Gasteiger partial charge on any atom is -0.508 e. The van der Waals surface area contributed by atoms with E-state index in [9.17, 15) is 25.2 Å². The van der Waals surface area contributed by atoms with Crippen molar-refractivity contribution in [3.05, 3.63) is 58.7 Å². The van der Waals surface area contributed by atoms with E-state index in [-0.39, 0.29) is 22.8 Å². The van der Waals surface area contributed by atoms with Gasteiger partial charge in [-0.25, -0.2) is 0 Å². The van der Waals surface area contributed by atoms with Gasteiger partial charge >= 0.3 is 0 Å². The van der Waals surface area contributed by atoms with Crippen molar-refractivity contribution < 1.29 is 30.0 Å². The number of carbonyl (C=O) groups excluding carboxylic acids is 1. The molecule has 2 atom stereocenters. The first-order valence-electron chi connectivity index (χ1n) is 8.18. The van der Waals surface area contributed by atoms with Crippen molar-refractivity contribution >= 4 is 5.78 Å². The lowest BCUT2D eigenvalue weighted by Crippen LogP contribution is -2.36. The lowest BCUT2D eigenvalue weighted by molar-refractivity contribution is 0.0206. The number of hydrogen-bond donors (Lipinski definition) is 4. The monoisotopic (exact) mass is 356 g/mol. The Morgan fingerprint density at radius 1 is 1.12 bits per heavy atom. The second kappa shape index (κ2) is 6.72. The van der Waals surface area contributed by atoms with E-state index in [4.69, 9.17) is 4.74 Å². The number of hydrogen-bond acceptors (Lipinski definition) is 6. The van der Waals surface area contributed by atoms with E-state index >= 15 is 0 Å². The number of carbonyl (C=O) groups is 1. The quantitative estimate of drug-likeness (QED) is 0.630. The molecule has 2 aromatic rings. The molecule has 0 radical (unpaired) electrons. The molecule has 26 heavy (non-hydrogen) atoms. The SMILES string of the molecule is CC(C)=CCc1c(O)cc(O)c2c1O[C@H](c1ccc(O)cc1)[C@@H](O)C2=O. The van der Waals surface area contributed by atoms with Crippen molar-refractivity contribution in [3.63, 3.8) is 0 Å². The van der Waals surface area contributed by atoms with Gasteiger partial charge in [0.1, 0.15) is 28.6 Å². The summed E-state index contributed by atoms with van der Waals surface area (Å²) in [6.07, 6.45) is -0.357. The number of phenols is 3. The molecule has 3 rings (SSSR count). The van der Waals surface area contributed by atoms with Gasteiger partial charge in [0.05, 0.1) is 0 Å². The summed E-state index contributed by atoms with van der Waals surface area (Å²) < 4.78 is 5.86. The van der Waals surface area contributed by atoms with Gasteiger partial charge in [-0.05, 0) is 38.0 Å². The largest absolute Gasteiger partial charge is 0.508 e. The number of ether oxygens (including phenoxy) is 1. The number of phenolic OH excluding ortho intramolecular Hbond substituents is 3. The van der Waals surface area contributed by atoms with Gasteiger partial charge in [0.25, 0.3) is 0 Å². The number of Topliss-reactive ketones (excluding diaryl/α,β-unsaturated/α-hetero) is 1. The highest BCUT2D eigenvalue weighted by molar-refractivity contribution is 6.06. The number of aliphatic hydroxyl groups excluding tert-OH is 1. The highest BCUT2D eigenvalue weighted by atomic mass is 16.5. The maximum absolute atomic E-state index is 12.7. The number of rotatable bonds is 3. The lowest BCUT2D eigenvalue weighted by Gasteiger charge is -2.31. The number of fused-ring (bicyclic) bond motifs is 1.